The molecule has 108 valence electrons. The number of carboxylic acids is 1. The van der Waals surface area contributed by atoms with Crippen molar-refractivity contribution in [2.24, 2.45) is 0 Å². The molecule has 3 N–H and O–H groups in total. The highest BCUT2D eigenvalue weighted by atomic mass is 32.1. The molecule has 21 heavy (non-hydrogen) atoms. The van der Waals surface area contributed by atoms with Crippen LogP contribution >= 0.6 is 12.2 Å². The van der Waals surface area contributed by atoms with Crippen molar-refractivity contribution in [2.75, 3.05) is 5.32 Å². The highest BCUT2D eigenvalue weighted by Crippen LogP contribution is 2.20. The molecular weight excluding hydrogens is 288 g/mol. The van der Waals surface area contributed by atoms with Crippen LogP contribution in [0.4, 0.5) is 5.69 Å². The van der Waals surface area contributed by atoms with Gasteiger partial charge < -0.3 is 20.1 Å². The number of thiocarbonyl (C=S) groups is 1. The van der Waals surface area contributed by atoms with Crippen LogP contribution in [0, 0.1) is 0 Å². The van der Waals surface area contributed by atoms with E-state index in [1.165, 1.54) is 0 Å². The molecule has 1 aromatic carbocycles. The number of fused-ring (bicyclic) bond motifs is 1. The van der Waals surface area contributed by atoms with E-state index in [1.54, 1.807) is 11.2 Å². The molecule has 1 atom stereocenters. The smallest absolute Gasteiger partial charge is 0.239 e. The number of imidazole rings is 1. The summed E-state index contributed by atoms with van der Waals surface area (Å²) in [6.45, 7) is 0.399. The van der Waals surface area contributed by atoms with Crippen LogP contribution in [-0.2, 0) is 17.8 Å². The maximum Gasteiger partial charge on any atom is 0.239 e. The normalized spacial score (nSPS) is 17.1. The van der Waals surface area contributed by atoms with Crippen molar-refractivity contribution in [2.45, 2.75) is 19.0 Å². The van der Waals surface area contributed by atoms with Crippen molar-refractivity contribution in [3.63, 3.8) is 0 Å². The molecule has 7 heteroatoms. The first kappa shape index (κ1) is 13.6. The van der Waals surface area contributed by atoms with Crippen molar-refractivity contribution < 1.29 is 14.9 Å². The van der Waals surface area contributed by atoms with Crippen molar-refractivity contribution in [3.05, 3.63) is 48.0 Å². The number of carbonyl (C=O) groups is 1. The number of nitrogens with one attached hydrogen (secondary N) is 3. The number of hydrogen-bond donors (Lipinski definition) is 2. The number of nitrogens with zero attached hydrogens (tertiary/aromatic N) is 1. The predicted molar refractivity (Wildman–Crippen MR) is 78.1 cm³/mol. The van der Waals surface area contributed by atoms with Gasteiger partial charge in [-0.1, -0.05) is 18.2 Å². The van der Waals surface area contributed by atoms with Gasteiger partial charge in [0, 0.05) is 12.1 Å². The molecular formula is C14H14N4O2S. The van der Waals surface area contributed by atoms with Gasteiger partial charge in [-0.2, -0.15) is 0 Å². The molecule has 1 aromatic heterocycles. The lowest BCUT2D eigenvalue weighted by atomic mass is 10.0. The fourth-order valence-corrected chi connectivity index (χ4v) is 2.74. The maximum atomic E-state index is 11.4. The average Bonchev–Trinajstić information content (AvgIpc) is 2.94. The quantitative estimate of drug-likeness (QED) is 0.744. The summed E-state index contributed by atoms with van der Waals surface area (Å²) in [5.74, 6) is -1.13. The molecule has 1 aliphatic heterocycles. The minimum atomic E-state index is -1.13. The summed E-state index contributed by atoms with van der Waals surface area (Å²) in [6.07, 6.45) is 2.02. The zero-order valence-corrected chi connectivity index (χ0v) is 11.9. The monoisotopic (exact) mass is 302 g/mol. The number of H-pyrrole nitrogens is 2. The first-order valence-corrected chi connectivity index (χ1v) is 6.96. The number of carboxylic acid groups (broad SMARTS) is 1. The minimum Gasteiger partial charge on any atom is -0.548 e. The Kier molecular flexibility index (Phi) is 3.57. The number of carbonyl (C=O) groups excluding carboxylic acids is 1. The van der Waals surface area contributed by atoms with Crippen molar-refractivity contribution >= 4 is 29.0 Å². The van der Waals surface area contributed by atoms with E-state index in [0.717, 1.165) is 17.1 Å². The number of anilines is 1. The zero-order valence-electron chi connectivity index (χ0n) is 11.1. The van der Waals surface area contributed by atoms with Crippen LogP contribution in [0.25, 0.3) is 0 Å². The summed E-state index contributed by atoms with van der Waals surface area (Å²) >= 11 is 5.35. The first-order valence-electron chi connectivity index (χ1n) is 6.55. The number of aromatic amines is 2. The Morgan fingerprint density at radius 3 is 2.90 bits per heavy atom. The number of rotatable bonds is 2. The van der Waals surface area contributed by atoms with Crippen LogP contribution < -0.4 is 15.4 Å². The van der Waals surface area contributed by atoms with Crippen LogP contribution in [-0.4, -0.2) is 27.0 Å². The van der Waals surface area contributed by atoms with Gasteiger partial charge >= 0.3 is 0 Å². The molecule has 1 aliphatic rings. The topological polar surface area (TPSA) is 85.3 Å². The SMILES string of the molecule is O=C([O-])[C@@H]1Cc2[nH+]c[nH]c2CN1C(=S)Nc1ccccc1. The third-order valence-corrected chi connectivity index (χ3v) is 3.85. The Labute approximate surface area is 126 Å². The third-order valence-electron chi connectivity index (χ3n) is 3.52. The van der Waals surface area contributed by atoms with Crippen LogP contribution in [0.3, 0.4) is 0 Å². The second-order valence-corrected chi connectivity index (χ2v) is 5.24. The Morgan fingerprint density at radius 2 is 2.19 bits per heavy atom. The van der Waals surface area contributed by atoms with Crippen molar-refractivity contribution in [3.8, 4) is 0 Å². The Balaban J connectivity index is 1.82. The van der Waals surface area contributed by atoms with Gasteiger partial charge in [-0.15, -0.1) is 0 Å². The Hall–Kier alpha value is -2.41. The van der Waals surface area contributed by atoms with Crippen molar-refractivity contribution in [1.29, 1.82) is 0 Å². The standard InChI is InChI=1S/C14H14N4O2S/c19-13(20)12-6-10-11(16-8-15-10)7-18(12)14(21)17-9-4-2-1-3-5-9/h1-5,8,12H,6-7H2,(H,15,16)(H,17,21)(H,19,20)/t12-/m0/s1. The summed E-state index contributed by atoms with van der Waals surface area (Å²) in [6, 6.07) is 8.63. The lowest BCUT2D eigenvalue weighted by molar-refractivity contribution is -0.390. The van der Waals surface area contributed by atoms with Gasteiger partial charge in [-0.05, 0) is 24.4 Å². The average molecular weight is 302 g/mol. The van der Waals surface area contributed by atoms with Gasteiger partial charge in [0.1, 0.15) is 5.69 Å². The highest BCUT2D eigenvalue weighted by molar-refractivity contribution is 7.80. The van der Waals surface area contributed by atoms with E-state index in [9.17, 15) is 9.90 Å². The van der Waals surface area contributed by atoms with E-state index >= 15 is 0 Å². The molecule has 0 unspecified atom stereocenters. The summed E-state index contributed by atoms with van der Waals surface area (Å²) in [5, 5.41) is 14.8. The second kappa shape index (κ2) is 5.53. The number of para-hydroxylation sites is 1. The summed E-state index contributed by atoms with van der Waals surface area (Å²) < 4.78 is 0. The molecule has 0 radical (unpaired) electrons. The molecule has 0 fully saturated rings. The largest absolute Gasteiger partial charge is 0.548 e. The molecule has 2 heterocycles. The van der Waals surface area contributed by atoms with Gasteiger partial charge in [0.05, 0.1) is 18.6 Å². The van der Waals surface area contributed by atoms with Crippen molar-refractivity contribution in [1.82, 2.24) is 9.88 Å². The zero-order chi connectivity index (χ0) is 14.8. The summed E-state index contributed by atoms with van der Waals surface area (Å²) in [4.78, 5) is 19.1. The summed E-state index contributed by atoms with van der Waals surface area (Å²) in [5.41, 5.74) is 2.64. The molecule has 6 nitrogen and oxygen atoms in total. The van der Waals surface area contributed by atoms with E-state index in [-0.39, 0.29) is 0 Å². The molecule has 0 bridgehead atoms. The molecule has 2 aromatic rings. The Morgan fingerprint density at radius 1 is 1.43 bits per heavy atom. The second-order valence-electron chi connectivity index (χ2n) is 4.85. The predicted octanol–water partition coefficient (Wildman–Crippen LogP) is -0.298. The molecule has 0 aliphatic carbocycles. The third kappa shape index (κ3) is 2.73. The van der Waals surface area contributed by atoms with Gasteiger partial charge in [0.25, 0.3) is 0 Å². The van der Waals surface area contributed by atoms with E-state index in [2.05, 4.69) is 15.3 Å². The fraction of sp³-hybridized carbons (Fsp3) is 0.214. The Bertz CT molecular complexity index is 671. The number of aromatic nitrogens is 2. The maximum absolute atomic E-state index is 11.4. The number of hydrogen-bond acceptors (Lipinski definition) is 3. The fourth-order valence-electron chi connectivity index (χ4n) is 2.43. The van der Waals surface area contributed by atoms with Crippen LogP contribution in [0.1, 0.15) is 11.4 Å². The minimum absolute atomic E-state index is 0.331. The molecule has 0 saturated heterocycles. The van der Waals surface area contributed by atoms with Gasteiger partial charge in [0.15, 0.2) is 10.8 Å². The molecule has 0 saturated carbocycles. The van der Waals surface area contributed by atoms with E-state index < -0.39 is 12.0 Å². The lowest BCUT2D eigenvalue weighted by Crippen LogP contribution is -2.55. The lowest BCUT2D eigenvalue weighted by Gasteiger charge is -2.36. The molecule has 0 amide bonds. The molecule has 3 rings (SSSR count). The van der Waals surface area contributed by atoms with Crippen LogP contribution in [0.5, 0.6) is 0 Å². The van der Waals surface area contributed by atoms with E-state index in [1.807, 2.05) is 30.3 Å². The van der Waals surface area contributed by atoms with Gasteiger partial charge in [-0.3, -0.25) is 0 Å². The number of aliphatic carboxylic acids is 1. The van der Waals surface area contributed by atoms with Gasteiger partial charge in [0.2, 0.25) is 6.33 Å². The number of benzene rings is 1. The van der Waals surface area contributed by atoms with Crippen LogP contribution in [0.2, 0.25) is 0 Å². The summed E-state index contributed by atoms with van der Waals surface area (Å²) in [7, 11) is 0. The van der Waals surface area contributed by atoms with Crippen LogP contribution in [0.15, 0.2) is 36.7 Å². The van der Waals surface area contributed by atoms with E-state index in [0.29, 0.717) is 18.1 Å². The van der Waals surface area contributed by atoms with E-state index in [4.69, 9.17) is 12.2 Å². The first-order chi connectivity index (χ1) is 10.1. The highest BCUT2D eigenvalue weighted by Gasteiger charge is 2.33. The van der Waals surface area contributed by atoms with Gasteiger partial charge in [-0.25, -0.2) is 9.97 Å². The molecule has 0 spiro atoms.